The average Bonchev–Trinajstić information content (AvgIpc) is 2.96. The molecule has 1 aliphatic rings. The number of allylic oxidation sites excluding steroid dienone is 3. The highest BCUT2D eigenvalue weighted by Crippen LogP contribution is 2.30. The number of benzene rings is 1. The maximum absolute atomic E-state index is 14.4. The van der Waals surface area contributed by atoms with E-state index in [2.05, 4.69) is 33.0 Å². The zero-order valence-corrected chi connectivity index (χ0v) is 14.9. The van der Waals surface area contributed by atoms with Crippen molar-refractivity contribution in [2.24, 2.45) is 4.99 Å². The number of hydrogen-bond donors (Lipinski definition) is 0. The standard InChI is InChI=1S/C20H17ClFN3/c1-4-7-15(17(22)5-2)20-16-10-13(21)8-9-18(16)25-14(12-24-20)11-23-19(25)6-3/h5,8-11H,2,6,12H2,1,3H3/b17-15-. The van der Waals surface area contributed by atoms with Crippen molar-refractivity contribution in [3.63, 3.8) is 0 Å². The van der Waals surface area contributed by atoms with Crippen LogP contribution in [0.3, 0.4) is 0 Å². The van der Waals surface area contributed by atoms with Gasteiger partial charge >= 0.3 is 0 Å². The van der Waals surface area contributed by atoms with Crippen molar-refractivity contribution in [2.45, 2.75) is 26.8 Å². The molecule has 5 heteroatoms. The van der Waals surface area contributed by atoms with Gasteiger partial charge in [0.25, 0.3) is 0 Å². The van der Waals surface area contributed by atoms with Crippen LogP contribution >= 0.6 is 11.6 Å². The molecule has 0 N–H and O–H groups in total. The molecule has 0 amide bonds. The van der Waals surface area contributed by atoms with Crippen molar-refractivity contribution in [2.75, 3.05) is 0 Å². The first-order valence-corrected chi connectivity index (χ1v) is 8.34. The summed E-state index contributed by atoms with van der Waals surface area (Å²) in [6.45, 7) is 7.60. The van der Waals surface area contributed by atoms with E-state index in [1.807, 2.05) is 25.3 Å². The summed E-state index contributed by atoms with van der Waals surface area (Å²) in [5.74, 6) is 6.00. The molecule has 0 saturated heterocycles. The van der Waals surface area contributed by atoms with E-state index in [9.17, 15) is 4.39 Å². The minimum Gasteiger partial charge on any atom is -0.298 e. The van der Waals surface area contributed by atoms with Crippen molar-refractivity contribution in [3.05, 3.63) is 70.6 Å². The van der Waals surface area contributed by atoms with Crippen LogP contribution in [0.2, 0.25) is 5.02 Å². The maximum Gasteiger partial charge on any atom is 0.140 e. The van der Waals surface area contributed by atoms with E-state index in [0.717, 1.165) is 35.3 Å². The third-order valence-electron chi connectivity index (χ3n) is 3.98. The lowest BCUT2D eigenvalue weighted by Crippen LogP contribution is -2.10. The largest absolute Gasteiger partial charge is 0.298 e. The normalized spacial score (nSPS) is 13.5. The van der Waals surface area contributed by atoms with Crippen LogP contribution in [0.1, 0.15) is 30.9 Å². The van der Waals surface area contributed by atoms with Gasteiger partial charge < -0.3 is 0 Å². The van der Waals surface area contributed by atoms with Crippen LogP contribution in [0.4, 0.5) is 4.39 Å². The Bertz CT molecular complexity index is 971. The summed E-state index contributed by atoms with van der Waals surface area (Å²) < 4.78 is 16.5. The predicted octanol–water partition coefficient (Wildman–Crippen LogP) is 4.82. The second-order valence-electron chi connectivity index (χ2n) is 5.48. The van der Waals surface area contributed by atoms with Gasteiger partial charge in [0.2, 0.25) is 0 Å². The summed E-state index contributed by atoms with van der Waals surface area (Å²) in [7, 11) is 0. The van der Waals surface area contributed by atoms with Crippen LogP contribution in [0, 0.1) is 11.8 Å². The third-order valence-corrected chi connectivity index (χ3v) is 4.22. The molecule has 0 spiro atoms. The first kappa shape index (κ1) is 17.2. The molecule has 1 aliphatic heterocycles. The van der Waals surface area contributed by atoms with Gasteiger partial charge in [0.05, 0.1) is 35.4 Å². The van der Waals surface area contributed by atoms with Gasteiger partial charge in [-0.2, -0.15) is 0 Å². The van der Waals surface area contributed by atoms with E-state index in [1.165, 1.54) is 0 Å². The number of hydrogen-bond acceptors (Lipinski definition) is 2. The van der Waals surface area contributed by atoms with Crippen LogP contribution in [-0.2, 0) is 13.0 Å². The molecule has 1 aromatic heterocycles. The molecule has 0 unspecified atom stereocenters. The van der Waals surface area contributed by atoms with E-state index in [4.69, 9.17) is 11.6 Å². The number of imidazole rings is 1. The molecule has 0 saturated carbocycles. The molecule has 0 fully saturated rings. The molecule has 25 heavy (non-hydrogen) atoms. The van der Waals surface area contributed by atoms with Gasteiger partial charge in [0.1, 0.15) is 11.7 Å². The highest BCUT2D eigenvalue weighted by Gasteiger charge is 2.23. The SMILES string of the molecule is C=C/C(F)=C(\C#CC)C1=NCc2cnc(CC)n2-c2ccc(Cl)cc21. The van der Waals surface area contributed by atoms with Gasteiger partial charge in [-0.05, 0) is 31.2 Å². The Hall–Kier alpha value is -2.64. The molecular weight excluding hydrogens is 337 g/mol. The number of halogens is 2. The highest BCUT2D eigenvalue weighted by molar-refractivity contribution is 6.31. The molecule has 3 rings (SSSR count). The summed E-state index contributed by atoms with van der Waals surface area (Å²) in [5.41, 5.74) is 3.25. The van der Waals surface area contributed by atoms with Crippen LogP contribution in [0.5, 0.6) is 0 Å². The van der Waals surface area contributed by atoms with Crippen molar-refractivity contribution >= 4 is 17.3 Å². The maximum atomic E-state index is 14.4. The Morgan fingerprint density at radius 3 is 2.96 bits per heavy atom. The topological polar surface area (TPSA) is 30.2 Å². The van der Waals surface area contributed by atoms with E-state index in [-0.39, 0.29) is 5.57 Å². The summed E-state index contributed by atoms with van der Waals surface area (Å²) in [4.78, 5) is 9.10. The quantitative estimate of drug-likeness (QED) is 0.574. The smallest absolute Gasteiger partial charge is 0.140 e. The summed E-state index contributed by atoms with van der Waals surface area (Å²) in [6, 6.07) is 5.51. The second-order valence-corrected chi connectivity index (χ2v) is 5.92. The Labute approximate surface area is 151 Å². The zero-order chi connectivity index (χ0) is 18.0. The van der Waals surface area contributed by atoms with E-state index in [0.29, 0.717) is 17.3 Å². The Kier molecular flexibility index (Phi) is 4.87. The molecule has 2 heterocycles. The van der Waals surface area contributed by atoms with Crippen LogP contribution in [-0.4, -0.2) is 15.3 Å². The molecule has 3 nitrogen and oxygen atoms in total. The third kappa shape index (κ3) is 3.04. The lowest BCUT2D eigenvalue weighted by atomic mass is 9.99. The summed E-state index contributed by atoms with van der Waals surface area (Å²) in [6.07, 6.45) is 3.73. The molecule has 0 aliphatic carbocycles. The van der Waals surface area contributed by atoms with Gasteiger partial charge in [-0.1, -0.05) is 31.0 Å². The fraction of sp³-hybridized carbons (Fsp3) is 0.200. The molecule has 126 valence electrons. The Balaban J connectivity index is 2.34. The van der Waals surface area contributed by atoms with Crippen LogP contribution < -0.4 is 0 Å². The highest BCUT2D eigenvalue weighted by atomic mass is 35.5. The summed E-state index contributed by atoms with van der Waals surface area (Å²) in [5, 5.41) is 0.552. The lowest BCUT2D eigenvalue weighted by molar-refractivity contribution is 0.664. The lowest BCUT2D eigenvalue weighted by Gasteiger charge is -2.14. The first-order chi connectivity index (χ1) is 12.1. The first-order valence-electron chi connectivity index (χ1n) is 7.96. The van der Waals surface area contributed by atoms with E-state index < -0.39 is 5.83 Å². The number of aryl methyl sites for hydroxylation is 1. The van der Waals surface area contributed by atoms with Crippen molar-refractivity contribution < 1.29 is 4.39 Å². The van der Waals surface area contributed by atoms with E-state index >= 15 is 0 Å². The number of fused-ring (bicyclic) bond motifs is 3. The minimum atomic E-state index is -0.501. The van der Waals surface area contributed by atoms with Gasteiger partial charge in [0, 0.05) is 17.0 Å². The van der Waals surface area contributed by atoms with Crippen LogP contribution in [0.25, 0.3) is 5.69 Å². The van der Waals surface area contributed by atoms with Gasteiger partial charge in [-0.15, -0.1) is 5.92 Å². The summed E-state index contributed by atoms with van der Waals surface area (Å²) >= 11 is 6.22. The molecule has 0 radical (unpaired) electrons. The number of rotatable bonds is 3. The fourth-order valence-corrected chi connectivity index (χ4v) is 3.07. The van der Waals surface area contributed by atoms with Gasteiger partial charge in [-0.25, -0.2) is 9.37 Å². The molecule has 1 aromatic carbocycles. The number of aromatic nitrogens is 2. The monoisotopic (exact) mass is 353 g/mol. The van der Waals surface area contributed by atoms with Crippen molar-refractivity contribution in [3.8, 4) is 17.5 Å². The number of nitrogens with zero attached hydrogens (tertiary/aromatic N) is 3. The minimum absolute atomic E-state index is 0.220. The zero-order valence-electron chi connectivity index (χ0n) is 14.1. The van der Waals surface area contributed by atoms with E-state index in [1.54, 1.807) is 13.0 Å². The van der Waals surface area contributed by atoms with Crippen LogP contribution in [0.15, 0.2) is 53.4 Å². The number of aliphatic imine (C=N–C) groups is 1. The molecule has 0 bridgehead atoms. The Morgan fingerprint density at radius 1 is 1.48 bits per heavy atom. The Morgan fingerprint density at radius 2 is 2.28 bits per heavy atom. The second kappa shape index (κ2) is 7.08. The van der Waals surface area contributed by atoms with Crippen molar-refractivity contribution in [1.82, 2.24) is 9.55 Å². The molecular formula is C20H17ClFN3. The molecule has 0 atom stereocenters. The molecule has 2 aromatic rings. The van der Waals surface area contributed by atoms with Gasteiger partial charge in [0.15, 0.2) is 0 Å². The van der Waals surface area contributed by atoms with Gasteiger partial charge in [-0.3, -0.25) is 9.56 Å². The average molecular weight is 354 g/mol. The predicted molar refractivity (Wildman–Crippen MR) is 100.0 cm³/mol. The fourth-order valence-electron chi connectivity index (χ4n) is 2.90. The van der Waals surface area contributed by atoms with Crippen molar-refractivity contribution in [1.29, 1.82) is 0 Å².